The summed E-state index contributed by atoms with van der Waals surface area (Å²) in [6, 6.07) is 15.7. The van der Waals surface area contributed by atoms with Gasteiger partial charge in [0.15, 0.2) is 5.13 Å². The largest absolute Gasteiger partial charge is 0.345 e. The number of anilines is 2. The van der Waals surface area contributed by atoms with E-state index in [0.29, 0.717) is 10.8 Å². The summed E-state index contributed by atoms with van der Waals surface area (Å²) in [5.41, 5.74) is 1.69. The molecular formula is C24H24FN3O2S. The van der Waals surface area contributed by atoms with Crippen molar-refractivity contribution in [3.8, 4) is 0 Å². The Morgan fingerprint density at radius 3 is 2.42 bits per heavy atom. The molecule has 0 aliphatic rings. The summed E-state index contributed by atoms with van der Waals surface area (Å²) >= 11 is 1.20. The van der Waals surface area contributed by atoms with E-state index in [9.17, 15) is 14.0 Å². The second kappa shape index (κ2) is 10.1. The van der Waals surface area contributed by atoms with Crippen molar-refractivity contribution in [3.05, 3.63) is 83.1 Å². The quantitative estimate of drug-likeness (QED) is 0.497. The molecule has 3 rings (SSSR count). The Hall–Kier alpha value is -3.32. The lowest BCUT2D eigenvalue weighted by atomic mass is 9.96. The van der Waals surface area contributed by atoms with E-state index in [2.05, 4.69) is 10.3 Å². The summed E-state index contributed by atoms with van der Waals surface area (Å²) < 4.78 is 14.2. The van der Waals surface area contributed by atoms with Crippen LogP contribution in [0.2, 0.25) is 0 Å². The molecule has 0 spiro atoms. The topological polar surface area (TPSA) is 62.3 Å². The van der Waals surface area contributed by atoms with Crippen LogP contribution in [0.4, 0.5) is 15.2 Å². The minimum Gasteiger partial charge on any atom is -0.345 e. The van der Waals surface area contributed by atoms with Gasteiger partial charge >= 0.3 is 0 Å². The van der Waals surface area contributed by atoms with Crippen LogP contribution in [0.1, 0.15) is 38.1 Å². The molecule has 0 fully saturated rings. The third kappa shape index (κ3) is 5.64. The van der Waals surface area contributed by atoms with Crippen molar-refractivity contribution in [3.63, 3.8) is 0 Å². The highest BCUT2D eigenvalue weighted by molar-refractivity contribution is 7.14. The molecule has 5 nitrogen and oxygen atoms in total. The van der Waals surface area contributed by atoms with Gasteiger partial charge in [0.2, 0.25) is 11.8 Å². The van der Waals surface area contributed by atoms with E-state index in [1.54, 1.807) is 23.6 Å². The van der Waals surface area contributed by atoms with Gasteiger partial charge in [0.1, 0.15) is 5.82 Å². The summed E-state index contributed by atoms with van der Waals surface area (Å²) in [4.78, 5) is 30.2. The maximum absolute atomic E-state index is 14.2. The normalized spacial score (nSPS) is 12.2. The summed E-state index contributed by atoms with van der Waals surface area (Å²) in [6.45, 7) is 5.45. The minimum atomic E-state index is -0.509. The molecule has 7 heteroatoms. The fourth-order valence-corrected chi connectivity index (χ4v) is 4.00. The Balaban J connectivity index is 1.74. The van der Waals surface area contributed by atoms with Gasteiger partial charge in [-0.2, -0.15) is 0 Å². The van der Waals surface area contributed by atoms with E-state index < -0.39 is 5.82 Å². The highest BCUT2D eigenvalue weighted by Crippen LogP contribution is 2.31. The van der Waals surface area contributed by atoms with Crippen molar-refractivity contribution in [2.45, 2.75) is 26.8 Å². The number of rotatable bonds is 7. The van der Waals surface area contributed by atoms with Gasteiger partial charge in [-0.15, -0.1) is 11.3 Å². The van der Waals surface area contributed by atoms with Crippen molar-refractivity contribution in [1.29, 1.82) is 0 Å². The van der Waals surface area contributed by atoms with Crippen LogP contribution in [-0.4, -0.2) is 16.8 Å². The number of para-hydroxylation sites is 1. The SMILES string of the molecule is CC(=O)N(c1nc(/C=C/C(=O)NC(c2ccccc2)C(C)C)cs1)c1ccccc1F. The van der Waals surface area contributed by atoms with Crippen LogP contribution >= 0.6 is 11.3 Å². The zero-order chi connectivity index (χ0) is 22.4. The van der Waals surface area contributed by atoms with Gasteiger partial charge in [0, 0.05) is 18.4 Å². The first-order chi connectivity index (χ1) is 14.9. The minimum absolute atomic E-state index is 0.112. The molecule has 1 heterocycles. The number of nitrogens with zero attached hydrogens (tertiary/aromatic N) is 2. The first-order valence-electron chi connectivity index (χ1n) is 9.91. The molecule has 3 aromatic rings. The standard InChI is InChI=1S/C24H24FN3O2S/c1-16(2)23(18-9-5-4-6-10-18)27-22(30)14-13-19-15-31-24(26-19)28(17(3)29)21-12-8-7-11-20(21)25/h4-16,23H,1-3H3,(H,27,30)/b14-13+. The zero-order valence-corrected chi connectivity index (χ0v) is 18.4. The van der Waals surface area contributed by atoms with E-state index >= 15 is 0 Å². The number of amides is 2. The molecule has 0 saturated carbocycles. The number of hydrogen-bond donors (Lipinski definition) is 1. The molecule has 0 aliphatic heterocycles. The molecule has 0 radical (unpaired) electrons. The fourth-order valence-electron chi connectivity index (χ4n) is 3.15. The molecule has 1 N–H and O–H groups in total. The van der Waals surface area contributed by atoms with Gasteiger partial charge in [-0.3, -0.25) is 14.5 Å². The number of carbonyl (C=O) groups is 2. The Morgan fingerprint density at radius 2 is 1.77 bits per heavy atom. The third-order valence-electron chi connectivity index (χ3n) is 4.64. The van der Waals surface area contributed by atoms with E-state index in [1.165, 1.54) is 41.4 Å². The predicted molar refractivity (Wildman–Crippen MR) is 123 cm³/mol. The van der Waals surface area contributed by atoms with Gasteiger partial charge in [0.25, 0.3) is 0 Å². The Bertz CT molecular complexity index is 1080. The fraction of sp³-hybridized carbons (Fsp3) is 0.208. The van der Waals surface area contributed by atoms with Crippen LogP contribution in [0.15, 0.2) is 66.1 Å². The average Bonchev–Trinajstić information content (AvgIpc) is 3.20. The molecule has 1 unspecified atom stereocenters. The van der Waals surface area contributed by atoms with Crippen molar-refractivity contribution in [2.75, 3.05) is 4.90 Å². The second-order valence-corrected chi connectivity index (χ2v) is 8.17. The molecular weight excluding hydrogens is 413 g/mol. The number of halogens is 1. The summed E-state index contributed by atoms with van der Waals surface area (Å²) in [6.07, 6.45) is 3.00. The zero-order valence-electron chi connectivity index (χ0n) is 17.6. The molecule has 0 aliphatic carbocycles. The maximum atomic E-state index is 14.2. The lowest BCUT2D eigenvalue weighted by Gasteiger charge is -2.22. The van der Waals surface area contributed by atoms with Crippen LogP contribution in [0.5, 0.6) is 0 Å². The van der Waals surface area contributed by atoms with Gasteiger partial charge < -0.3 is 5.32 Å². The summed E-state index contributed by atoms with van der Waals surface area (Å²) in [5.74, 6) is -0.884. The van der Waals surface area contributed by atoms with Crippen LogP contribution in [0.3, 0.4) is 0 Å². The monoisotopic (exact) mass is 437 g/mol. The molecule has 0 saturated heterocycles. The summed E-state index contributed by atoms with van der Waals surface area (Å²) in [5, 5.41) is 5.07. The van der Waals surface area contributed by atoms with Crippen LogP contribution < -0.4 is 10.2 Å². The number of aromatic nitrogens is 1. The molecule has 2 amide bonds. The Labute approximate surface area is 185 Å². The van der Waals surface area contributed by atoms with E-state index in [1.807, 2.05) is 44.2 Å². The van der Waals surface area contributed by atoms with E-state index in [0.717, 1.165) is 5.56 Å². The van der Waals surface area contributed by atoms with Crippen molar-refractivity contribution in [1.82, 2.24) is 10.3 Å². The summed E-state index contributed by atoms with van der Waals surface area (Å²) in [7, 11) is 0. The number of hydrogen-bond acceptors (Lipinski definition) is 4. The van der Waals surface area contributed by atoms with Crippen LogP contribution in [-0.2, 0) is 9.59 Å². The number of nitrogens with one attached hydrogen (secondary N) is 1. The van der Waals surface area contributed by atoms with Gasteiger partial charge in [-0.1, -0.05) is 56.3 Å². The van der Waals surface area contributed by atoms with Crippen molar-refractivity contribution in [2.24, 2.45) is 5.92 Å². The van der Waals surface area contributed by atoms with E-state index in [4.69, 9.17) is 0 Å². The van der Waals surface area contributed by atoms with Crippen molar-refractivity contribution < 1.29 is 14.0 Å². The first-order valence-corrected chi connectivity index (χ1v) is 10.8. The molecule has 31 heavy (non-hydrogen) atoms. The number of thiazole rings is 1. The third-order valence-corrected chi connectivity index (χ3v) is 5.48. The Morgan fingerprint density at radius 1 is 1.10 bits per heavy atom. The highest BCUT2D eigenvalue weighted by Gasteiger charge is 2.21. The second-order valence-electron chi connectivity index (χ2n) is 7.34. The molecule has 1 aromatic heterocycles. The van der Waals surface area contributed by atoms with Crippen LogP contribution in [0, 0.1) is 11.7 Å². The van der Waals surface area contributed by atoms with Crippen LogP contribution in [0.25, 0.3) is 6.08 Å². The average molecular weight is 438 g/mol. The maximum Gasteiger partial charge on any atom is 0.244 e. The lowest BCUT2D eigenvalue weighted by molar-refractivity contribution is -0.117. The number of carbonyl (C=O) groups excluding carboxylic acids is 2. The van der Waals surface area contributed by atoms with Gasteiger partial charge in [0.05, 0.1) is 17.4 Å². The van der Waals surface area contributed by atoms with Crippen molar-refractivity contribution >= 4 is 40.0 Å². The first kappa shape index (κ1) is 22.4. The number of benzene rings is 2. The highest BCUT2D eigenvalue weighted by atomic mass is 32.1. The molecule has 1 atom stereocenters. The lowest BCUT2D eigenvalue weighted by Crippen LogP contribution is -2.30. The molecule has 160 valence electrons. The van der Waals surface area contributed by atoms with Gasteiger partial charge in [-0.05, 0) is 29.7 Å². The van der Waals surface area contributed by atoms with E-state index in [-0.39, 0.29) is 29.5 Å². The molecule has 2 aromatic carbocycles. The van der Waals surface area contributed by atoms with Gasteiger partial charge in [-0.25, -0.2) is 9.37 Å². The Kier molecular flexibility index (Phi) is 7.31. The molecule has 0 bridgehead atoms. The predicted octanol–water partition coefficient (Wildman–Crippen LogP) is 5.49. The smallest absolute Gasteiger partial charge is 0.244 e.